The Morgan fingerprint density at radius 1 is 0.263 bits per heavy atom. The van der Waals surface area contributed by atoms with Crippen LogP contribution in [0.25, 0.3) is 164 Å². The van der Waals surface area contributed by atoms with E-state index in [-0.39, 0.29) is 5.41 Å². The van der Waals surface area contributed by atoms with E-state index in [1.54, 1.807) is 0 Å². The quantitative estimate of drug-likeness (QED) is 0.127. The average molecular weight is 963 g/mol. The second-order valence-corrected chi connectivity index (χ2v) is 21.8. The summed E-state index contributed by atoms with van der Waals surface area (Å²) in [6.07, 6.45) is 0. The Kier molecular flexibility index (Phi) is 8.41. The van der Waals surface area contributed by atoms with E-state index in [4.69, 9.17) is 4.42 Å². The van der Waals surface area contributed by atoms with Gasteiger partial charge in [-0.2, -0.15) is 0 Å². The highest BCUT2D eigenvalue weighted by Gasteiger charge is 2.35. The summed E-state index contributed by atoms with van der Waals surface area (Å²) in [7, 11) is 0. The molecular weight excluding hydrogens is 917 g/mol. The number of furan rings is 1. The SMILES string of the molecule is CC1(C)c2ccccc2-c2cc(-c3c4ccccc4c(-c4ccc5oc6c(ccc7c8ccccc8c8cc(-c9ccc%10ccc%11c(-c%12ccccc%12)ccc%12ccc9c%10c%12%11)ccc8c76)c5c4)c4ccccc34)ccc21. The van der Waals surface area contributed by atoms with Crippen LogP contribution in [-0.2, 0) is 5.41 Å². The van der Waals surface area contributed by atoms with Gasteiger partial charge in [0.25, 0.3) is 0 Å². The monoisotopic (exact) mass is 962 g/mol. The van der Waals surface area contributed by atoms with Crippen molar-refractivity contribution in [3.05, 3.63) is 254 Å². The van der Waals surface area contributed by atoms with Crippen LogP contribution in [0.3, 0.4) is 0 Å². The maximum Gasteiger partial charge on any atom is 0.143 e. The summed E-state index contributed by atoms with van der Waals surface area (Å²) in [5.74, 6) is 0. The highest BCUT2D eigenvalue weighted by atomic mass is 16.3. The largest absolute Gasteiger partial charge is 0.455 e. The number of hydrogen-bond donors (Lipinski definition) is 0. The molecule has 1 heteroatoms. The van der Waals surface area contributed by atoms with Gasteiger partial charge in [-0.3, -0.25) is 0 Å². The lowest BCUT2D eigenvalue weighted by Crippen LogP contribution is -2.14. The molecule has 0 bridgehead atoms. The van der Waals surface area contributed by atoms with Crippen LogP contribution in [0, 0.1) is 0 Å². The Morgan fingerprint density at radius 2 is 0.737 bits per heavy atom. The average Bonchev–Trinajstić information content (AvgIpc) is 4.13. The van der Waals surface area contributed by atoms with Gasteiger partial charge in [-0.1, -0.05) is 226 Å². The molecule has 1 aromatic heterocycles. The van der Waals surface area contributed by atoms with Crippen molar-refractivity contribution in [2.24, 2.45) is 0 Å². The number of benzene rings is 15. The van der Waals surface area contributed by atoms with Crippen LogP contribution in [0.1, 0.15) is 25.0 Å². The van der Waals surface area contributed by atoms with Crippen molar-refractivity contribution in [1.29, 1.82) is 0 Å². The molecule has 0 unspecified atom stereocenters. The molecule has 0 amide bonds. The normalized spacial score (nSPS) is 13.2. The first-order chi connectivity index (χ1) is 37.5. The molecule has 76 heavy (non-hydrogen) atoms. The Labute approximate surface area is 438 Å². The van der Waals surface area contributed by atoms with Crippen LogP contribution in [0.4, 0.5) is 0 Å². The van der Waals surface area contributed by atoms with Gasteiger partial charge in [0, 0.05) is 21.6 Å². The maximum atomic E-state index is 7.12. The number of hydrogen-bond acceptors (Lipinski definition) is 1. The van der Waals surface area contributed by atoms with E-state index in [0.717, 1.165) is 27.3 Å². The van der Waals surface area contributed by atoms with E-state index < -0.39 is 0 Å². The van der Waals surface area contributed by atoms with Crippen molar-refractivity contribution in [3.8, 4) is 55.6 Å². The fourth-order valence-electron chi connectivity index (χ4n) is 14.1. The van der Waals surface area contributed by atoms with Crippen molar-refractivity contribution in [1.82, 2.24) is 0 Å². The molecule has 0 aliphatic heterocycles. The maximum absolute atomic E-state index is 7.12. The molecule has 0 spiro atoms. The fourth-order valence-corrected chi connectivity index (χ4v) is 14.1. The molecule has 0 saturated heterocycles. The Bertz CT molecular complexity index is 5130. The van der Waals surface area contributed by atoms with Gasteiger partial charge in [-0.15, -0.1) is 0 Å². The summed E-state index contributed by atoms with van der Waals surface area (Å²) < 4.78 is 7.12. The number of fused-ring (bicyclic) bond motifs is 15. The zero-order valence-electron chi connectivity index (χ0n) is 42.0. The van der Waals surface area contributed by atoms with E-state index in [1.807, 2.05) is 0 Å². The first-order valence-corrected chi connectivity index (χ1v) is 26.6. The lowest BCUT2D eigenvalue weighted by atomic mass is 9.81. The third-order valence-corrected chi connectivity index (χ3v) is 17.6. The summed E-state index contributed by atoms with van der Waals surface area (Å²) in [6, 6.07) is 90.9. The Balaban J connectivity index is 0.851. The van der Waals surface area contributed by atoms with Crippen LogP contribution in [0.5, 0.6) is 0 Å². The van der Waals surface area contributed by atoms with Gasteiger partial charge in [0.1, 0.15) is 11.2 Å². The molecule has 1 nitrogen and oxygen atoms in total. The fraction of sp³-hybridized carbons (Fsp3) is 0.0400. The van der Waals surface area contributed by atoms with Gasteiger partial charge in [0.15, 0.2) is 0 Å². The molecular formula is C75H46O. The topological polar surface area (TPSA) is 13.1 Å². The van der Waals surface area contributed by atoms with Crippen molar-refractivity contribution in [3.63, 3.8) is 0 Å². The van der Waals surface area contributed by atoms with Crippen LogP contribution in [0.2, 0.25) is 0 Å². The molecule has 1 heterocycles. The van der Waals surface area contributed by atoms with Gasteiger partial charge >= 0.3 is 0 Å². The summed E-state index contributed by atoms with van der Waals surface area (Å²) >= 11 is 0. The van der Waals surface area contributed by atoms with E-state index in [9.17, 15) is 0 Å². The molecule has 0 saturated carbocycles. The molecule has 1 aliphatic rings. The first-order valence-electron chi connectivity index (χ1n) is 26.6. The predicted octanol–water partition coefficient (Wildman–Crippen LogP) is 21.2. The molecule has 15 aromatic carbocycles. The van der Waals surface area contributed by atoms with Gasteiger partial charge in [0.2, 0.25) is 0 Å². The van der Waals surface area contributed by atoms with E-state index >= 15 is 0 Å². The third-order valence-electron chi connectivity index (χ3n) is 17.6. The Hall–Kier alpha value is -9.56. The molecule has 0 N–H and O–H groups in total. The zero-order chi connectivity index (χ0) is 50.0. The van der Waals surface area contributed by atoms with Crippen LogP contribution < -0.4 is 0 Å². The summed E-state index contributed by atoms with van der Waals surface area (Å²) in [6.45, 7) is 4.71. The number of rotatable bonds is 4. The zero-order valence-corrected chi connectivity index (χ0v) is 42.0. The van der Waals surface area contributed by atoms with Gasteiger partial charge < -0.3 is 4.42 Å². The van der Waals surface area contributed by atoms with Crippen molar-refractivity contribution >= 4 is 108 Å². The smallest absolute Gasteiger partial charge is 0.143 e. The van der Waals surface area contributed by atoms with Crippen LogP contribution in [0.15, 0.2) is 247 Å². The standard InChI is InChI=1S/C75H46O/c1-75(2)66-23-13-12-18-53(66)64-41-47(29-38-67(64)75)69-54-19-8-10-21-56(54)70(57-22-11-9-20-55(57)69)48-30-39-68-65(42-48)62-37-36-60-51-16-6-7-17-52(51)63-40-46(28-35-61(63)73(60)74(62)76-68)50-32-25-45-26-33-58-49(43-14-4-3-5-15-43)31-24-44-27-34-59(50)72(45)71(44)58/h3-42H,1-2H3. The lowest BCUT2D eigenvalue weighted by molar-refractivity contribution is 0.660. The van der Waals surface area contributed by atoms with E-state index in [0.29, 0.717) is 0 Å². The van der Waals surface area contributed by atoms with E-state index in [2.05, 4.69) is 257 Å². The summed E-state index contributed by atoms with van der Waals surface area (Å²) in [5, 5.41) is 22.2. The molecule has 352 valence electrons. The minimum absolute atomic E-state index is 0.0484. The first kappa shape index (κ1) is 41.9. The molecule has 0 atom stereocenters. The minimum atomic E-state index is -0.0484. The van der Waals surface area contributed by atoms with Crippen molar-refractivity contribution in [2.45, 2.75) is 19.3 Å². The molecule has 16 aromatic rings. The van der Waals surface area contributed by atoms with Crippen molar-refractivity contribution < 1.29 is 4.42 Å². The molecule has 0 radical (unpaired) electrons. The summed E-state index contributed by atoms with van der Waals surface area (Å²) in [5.41, 5.74) is 17.1. The molecule has 0 fully saturated rings. The van der Waals surface area contributed by atoms with E-state index in [1.165, 1.54) is 148 Å². The van der Waals surface area contributed by atoms with Gasteiger partial charge in [-0.05, 0) is 178 Å². The Morgan fingerprint density at radius 3 is 1.42 bits per heavy atom. The van der Waals surface area contributed by atoms with Crippen LogP contribution in [-0.4, -0.2) is 0 Å². The van der Waals surface area contributed by atoms with Crippen molar-refractivity contribution in [2.75, 3.05) is 0 Å². The third kappa shape index (κ3) is 5.64. The highest BCUT2D eigenvalue weighted by molar-refractivity contribution is 6.34. The van der Waals surface area contributed by atoms with Gasteiger partial charge in [-0.25, -0.2) is 0 Å². The highest BCUT2D eigenvalue weighted by Crippen LogP contribution is 2.52. The second kappa shape index (κ2) is 15.3. The minimum Gasteiger partial charge on any atom is -0.455 e. The summed E-state index contributed by atoms with van der Waals surface area (Å²) in [4.78, 5) is 0. The molecule has 17 rings (SSSR count). The van der Waals surface area contributed by atoms with Gasteiger partial charge in [0.05, 0.1) is 0 Å². The van der Waals surface area contributed by atoms with Crippen LogP contribution >= 0.6 is 0 Å². The predicted molar refractivity (Wildman–Crippen MR) is 324 cm³/mol. The second-order valence-electron chi connectivity index (χ2n) is 21.8. The lowest BCUT2D eigenvalue weighted by Gasteiger charge is -2.22. The molecule has 1 aliphatic carbocycles.